The Morgan fingerprint density at radius 3 is 2.23 bits per heavy atom. The van der Waals surface area contributed by atoms with Crippen molar-refractivity contribution < 1.29 is 14.1 Å². The lowest BCUT2D eigenvalue weighted by Crippen LogP contribution is -2.12. The highest BCUT2D eigenvalue weighted by Crippen LogP contribution is 2.12. The van der Waals surface area contributed by atoms with E-state index < -0.39 is 0 Å². The molecule has 0 aromatic rings. The van der Waals surface area contributed by atoms with Gasteiger partial charge in [0, 0.05) is 19.1 Å². The fourth-order valence-electron chi connectivity index (χ4n) is 0.670. The van der Waals surface area contributed by atoms with Gasteiger partial charge in [0.15, 0.2) is 5.78 Å². The van der Waals surface area contributed by atoms with Crippen molar-refractivity contribution >= 4 is 15.2 Å². The van der Waals surface area contributed by atoms with E-state index in [1.54, 1.807) is 7.11 Å². The normalized spacial score (nSPS) is 14.5. The summed E-state index contributed by atoms with van der Waals surface area (Å²) in [5.41, 5.74) is 0. The van der Waals surface area contributed by atoms with Crippen molar-refractivity contribution in [3.63, 3.8) is 0 Å². The number of hydrogen-bond acceptors (Lipinski definition) is 3. The van der Waals surface area contributed by atoms with Crippen molar-refractivity contribution in [1.82, 2.24) is 0 Å². The number of ether oxygens (including phenoxy) is 1. The molecule has 0 fully saturated rings. The van der Waals surface area contributed by atoms with E-state index in [0.717, 1.165) is 0 Å². The number of ketones is 1. The molecule has 2 atom stereocenters. The number of rotatable bonds is 5. The molecule has 0 spiro atoms. The van der Waals surface area contributed by atoms with Gasteiger partial charge >= 0.3 is 0 Å². The van der Waals surface area contributed by atoms with Crippen LogP contribution in [-0.4, -0.2) is 19.0 Å². The molecule has 0 saturated carbocycles. The molecule has 0 rings (SSSR count). The molecular formula is C9H17O3P. The summed E-state index contributed by atoms with van der Waals surface area (Å²) in [7, 11) is 3.68. The number of hydrogen-bond donors (Lipinski definition) is 0. The van der Waals surface area contributed by atoms with Gasteiger partial charge in [-0.15, -0.1) is 0 Å². The van der Waals surface area contributed by atoms with Crippen LogP contribution in [0.1, 0.15) is 20.8 Å². The van der Waals surface area contributed by atoms with Crippen LogP contribution in [0.4, 0.5) is 0 Å². The topological polar surface area (TPSA) is 35.5 Å². The Bertz CT molecular complexity index is 199. The Hall–Kier alpha value is -0.400. The highest BCUT2D eigenvalue weighted by Gasteiger charge is 2.11. The number of carbonyl (C=O) groups excluding carboxylic acids is 1. The quantitative estimate of drug-likeness (QED) is 0.390. The molecule has 0 saturated heterocycles. The van der Waals surface area contributed by atoms with E-state index in [4.69, 9.17) is 9.26 Å². The molecule has 0 aromatic carbocycles. The van der Waals surface area contributed by atoms with Crippen LogP contribution < -0.4 is 0 Å². The predicted octanol–water partition coefficient (Wildman–Crippen LogP) is 1.94. The Labute approximate surface area is 81.8 Å². The molecule has 0 N–H and O–H groups in total. The van der Waals surface area contributed by atoms with Gasteiger partial charge in [0.25, 0.3) is 0 Å². The second-order valence-corrected chi connectivity index (χ2v) is 3.34. The SMILES string of the molecule is COC(C)/C(=C/C(=O)C(C)C)OP. The van der Waals surface area contributed by atoms with Crippen LogP contribution in [0.2, 0.25) is 0 Å². The van der Waals surface area contributed by atoms with Gasteiger partial charge in [0.05, 0.1) is 9.47 Å². The highest BCUT2D eigenvalue weighted by atomic mass is 31.0. The molecule has 0 aliphatic carbocycles. The summed E-state index contributed by atoms with van der Waals surface area (Å²) in [5.74, 6) is 0.562. The van der Waals surface area contributed by atoms with Gasteiger partial charge in [0.2, 0.25) is 0 Å². The molecule has 4 heteroatoms. The van der Waals surface area contributed by atoms with Crippen LogP contribution in [0, 0.1) is 5.92 Å². The van der Waals surface area contributed by atoms with Crippen molar-refractivity contribution in [1.29, 1.82) is 0 Å². The molecule has 2 unspecified atom stereocenters. The third-order valence-corrected chi connectivity index (χ3v) is 2.02. The first-order valence-electron chi connectivity index (χ1n) is 4.17. The Kier molecular flexibility index (Phi) is 5.93. The summed E-state index contributed by atoms with van der Waals surface area (Å²) >= 11 is 0. The van der Waals surface area contributed by atoms with Gasteiger partial charge in [-0.1, -0.05) is 13.8 Å². The maximum atomic E-state index is 11.3. The van der Waals surface area contributed by atoms with E-state index in [0.29, 0.717) is 5.76 Å². The minimum absolute atomic E-state index is 0.0146. The third-order valence-electron chi connectivity index (χ3n) is 1.74. The minimum atomic E-state index is -0.194. The molecule has 0 aliphatic rings. The zero-order chi connectivity index (χ0) is 10.4. The third kappa shape index (κ3) is 4.39. The van der Waals surface area contributed by atoms with E-state index in [9.17, 15) is 4.79 Å². The monoisotopic (exact) mass is 204 g/mol. The van der Waals surface area contributed by atoms with Crippen LogP contribution in [0.15, 0.2) is 11.8 Å². The molecule has 76 valence electrons. The summed E-state index contributed by atoms with van der Waals surface area (Å²) in [4.78, 5) is 11.3. The van der Waals surface area contributed by atoms with Crippen LogP contribution in [-0.2, 0) is 14.1 Å². The van der Waals surface area contributed by atoms with E-state index in [-0.39, 0.29) is 17.8 Å². The lowest BCUT2D eigenvalue weighted by atomic mass is 10.1. The maximum Gasteiger partial charge on any atom is 0.161 e. The summed E-state index contributed by atoms with van der Waals surface area (Å²) in [6.45, 7) is 5.51. The second kappa shape index (κ2) is 6.11. The summed E-state index contributed by atoms with van der Waals surface area (Å²) in [5, 5.41) is 0. The molecule has 0 radical (unpaired) electrons. The van der Waals surface area contributed by atoms with Gasteiger partial charge in [-0.3, -0.25) is 4.79 Å². The van der Waals surface area contributed by atoms with Crippen LogP contribution in [0.25, 0.3) is 0 Å². The zero-order valence-electron chi connectivity index (χ0n) is 8.53. The molecule has 0 bridgehead atoms. The fourth-order valence-corrected chi connectivity index (χ4v) is 0.930. The van der Waals surface area contributed by atoms with Gasteiger partial charge in [0.1, 0.15) is 11.9 Å². The Morgan fingerprint density at radius 2 is 1.92 bits per heavy atom. The number of allylic oxidation sites excluding steroid dienone is 1. The van der Waals surface area contributed by atoms with Gasteiger partial charge < -0.3 is 9.26 Å². The minimum Gasteiger partial charge on any atom is -0.482 e. The molecule has 0 amide bonds. The predicted molar refractivity (Wildman–Crippen MR) is 55.2 cm³/mol. The van der Waals surface area contributed by atoms with Crippen molar-refractivity contribution in [2.75, 3.05) is 7.11 Å². The first-order valence-corrected chi connectivity index (χ1v) is 4.65. The van der Waals surface area contributed by atoms with E-state index >= 15 is 0 Å². The first kappa shape index (κ1) is 12.6. The molecule has 0 heterocycles. The zero-order valence-corrected chi connectivity index (χ0v) is 9.69. The van der Waals surface area contributed by atoms with Crippen molar-refractivity contribution in [3.05, 3.63) is 11.8 Å². The Morgan fingerprint density at radius 1 is 1.38 bits per heavy atom. The van der Waals surface area contributed by atoms with Crippen molar-refractivity contribution in [3.8, 4) is 0 Å². The maximum absolute atomic E-state index is 11.3. The Balaban J connectivity index is 4.47. The molecule has 3 nitrogen and oxygen atoms in total. The van der Waals surface area contributed by atoms with Crippen LogP contribution >= 0.6 is 9.47 Å². The largest absolute Gasteiger partial charge is 0.482 e. The van der Waals surface area contributed by atoms with Crippen LogP contribution in [0.5, 0.6) is 0 Å². The lowest BCUT2D eigenvalue weighted by Gasteiger charge is -2.12. The van der Waals surface area contributed by atoms with E-state index in [1.807, 2.05) is 20.8 Å². The average Bonchev–Trinajstić information content (AvgIpc) is 2.12. The molecule has 13 heavy (non-hydrogen) atoms. The second-order valence-electron chi connectivity index (χ2n) is 3.10. The molecule has 0 aliphatic heterocycles. The highest BCUT2D eigenvalue weighted by molar-refractivity contribution is 7.10. The van der Waals surface area contributed by atoms with Crippen LogP contribution in [0.3, 0.4) is 0 Å². The number of methoxy groups -OCH3 is 1. The standard InChI is InChI=1S/C9H17O3P/c1-6(2)8(10)5-9(12-13)7(3)11-4/h5-7H,13H2,1-4H3/b9-5-. The number of carbonyl (C=O) groups is 1. The summed E-state index contributed by atoms with van der Waals surface area (Å²) in [6.07, 6.45) is 1.28. The summed E-state index contributed by atoms with van der Waals surface area (Å²) < 4.78 is 9.98. The average molecular weight is 204 g/mol. The smallest absolute Gasteiger partial charge is 0.161 e. The van der Waals surface area contributed by atoms with Crippen molar-refractivity contribution in [2.24, 2.45) is 5.92 Å². The van der Waals surface area contributed by atoms with Gasteiger partial charge in [-0.2, -0.15) is 0 Å². The van der Waals surface area contributed by atoms with E-state index in [1.165, 1.54) is 6.08 Å². The first-order chi connectivity index (χ1) is 6.02. The lowest BCUT2D eigenvalue weighted by molar-refractivity contribution is -0.117. The molecular weight excluding hydrogens is 187 g/mol. The fraction of sp³-hybridized carbons (Fsp3) is 0.667. The summed E-state index contributed by atoms with van der Waals surface area (Å²) in [6, 6.07) is 0. The van der Waals surface area contributed by atoms with Gasteiger partial charge in [-0.25, -0.2) is 0 Å². The molecule has 0 aromatic heterocycles. The van der Waals surface area contributed by atoms with Crippen molar-refractivity contribution in [2.45, 2.75) is 26.9 Å². The van der Waals surface area contributed by atoms with E-state index in [2.05, 4.69) is 9.47 Å². The van der Waals surface area contributed by atoms with Gasteiger partial charge in [-0.05, 0) is 6.92 Å².